The van der Waals surface area contributed by atoms with Crippen molar-refractivity contribution < 1.29 is 23.5 Å². The molecule has 7 heteroatoms. The fraction of sp³-hybridized carbons (Fsp3) is 0.391. The molecular formula is C23H27FN2O4. The Bertz CT molecular complexity index is 914. The number of hydrogen-bond acceptors (Lipinski definition) is 4. The Kier molecular flexibility index (Phi) is 6.59. The van der Waals surface area contributed by atoms with Crippen molar-refractivity contribution in [1.82, 2.24) is 10.2 Å². The van der Waals surface area contributed by atoms with Gasteiger partial charge in [0.05, 0.1) is 19.8 Å². The molecule has 0 aromatic heterocycles. The number of methoxy groups -OCH3 is 2. The van der Waals surface area contributed by atoms with E-state index in [4.69, 9.17) is 9.47 Å². The topological polar surface area (TPSA) is 67.9 Å². The van der Waals surface area contributed by atoms with Crippen LogP contribution in [-0.4, -0.2) is 51.1 Å². The third-order valence-electron chi connectivity index (χ3n) is 5.61. The van der Waals surface area contributed by atoms with Crippen molar-refractivity contribution in [2.45, 2.75) is 24.8 Å². The standard InChI is InChI=1S/C23H27FN2O4/c1-26(2)23(28)20-12-16(11-19(20)14-5-7-15(24)8-6-14)25-22(27)18-10-9-17(29-3)13-21(18)30-4/h5-10,13,16,19-20H,11-12H2,1-4H3,(H,25,27)/t16-,19+,20-/m0/s1. The Morgan fingerprint density at radius 1 is 1.03 bits per heavy atom. The zero-order valence-corrected chi connectivity index (χ0v) is 17.6. The number of benzene rings is 2. The maximum atomic E-state index is 13.4. The van der Waals surface area contributed by atoms with Crippen molar-refractivity contribution in [3.05, 3.63) is 59.4 Å². The molecule has 6 nitrogen and oxygen atoms in total. The van der Waals surface area contributed by atoms with Crippen molar-refractivity contribution in [2.24, 2.45) is 5.92 Å². The van der Waals surface area contributed by atoms with Gasteiger partial charge < -0.3 is 19.7 Å². The molecule has 0 aliphatic heterocycles. The number of halogens is 1. The summed E-state index contributed by atoms with van der Waals surface area (Å²) in [5.41, 5.74) is 1.30. The van der Waals surface area contributed by atoms with Crippen molar-refractivity contribution in [2.75, 3.05) is 28.3 Å². The van der Waals surface area contributed by atoms with Gasteiger partial charge in [0.15, 0.2) is 0 Å². The molecule has 0 spiro atoms. The molecule has 1 N–H and O–H groups in total. The lowest BCUT2D eigenvalue weighted by Crippen LogP contribution is -2.35. The van der Waals surface area contributed by atoms with Gasteiger partial charge in [-0.1, -0.05) is 12.1 Å². The summed E-state index contributed by atoms with van der Waals surface area (Å²) in [4.78, 5) is 27.2. The van der Waals surface area contributed by atoms with Crippen molar-refractivity contribution in [1.29, 1.82) is 0 Å². The SMILES string of the molecule is COc1ccc(C(=O)N[C@@H]2C[C@H](C(=O)N(C)C)[C@@H](c3ccc(F)cc3)C2)c(OC)c1. The maximum Gasteiger partial charge on any atom is 0.255 e. The minimum Gasteiger partial charge on any atom is -0.497 e. The number of hydrogen-bond donors (Lipinski definition) is 1. The van der Waals surface area contributed by atoms with Gasteiger partial charge in [-0.15, -0.1) is 0 Å². The zero-order chi connectivity index (χ0) is 21.8. The zero-order valence-electron chi connectivity index (χ0n) is 17.6. The summed E-state index contributed by atoms with van der Waals surface area (Å²) >= 11 is 0. The molecule has 3 rings (SSSR count). The molecule has 0 saturated heterocycles. The molecule has 3 atom stereocenters. The highest BCUT2D eigenvalue weighted by atomic mass is 19.1. The maximum absolute atomic E-state index is 13.4. The summed E-state index contributed by atoms with van der Waals surface area (Å²) in [7, 11) is 6.48. The molecule has 2 aromatic rings. The number of nitrogens with zero attached hydrogens (tertiary/aromatic N) is 1. The summed E-state index contributed by atoms with van der Waals surface area (Å²) in [6, 6.07) is 11.1. The first-order valence-corrected chi connectivity index (χ1v) is 9.83. The highest BCUT2D eigenvalue weighted by Crippen LogP contribution is 2.41. The van der Waals surface area contributed by atoms with Gasteiger partial charge in [-0.05, 0) is 48.6 Å². The minimum atomic E-state index is -0.316. The van der Waals surface area contributed by atoms with Crippen LogP contribution in [0.4, 0.5) is 4.39 Å². The molecule has 2 amide bonds. The van der Waals surface area contributed by atoms with Crippen LogP contribution in [0.25, 0.3) is 0 Å². The molecule has 0 bridgehead atoms. The van der Waals surface area contributed by atoms with Crippen LogP contribution in [0.3, 0.4) is 0 Å². The van der Waals surface area contributed by atoms with Crippen LogP contribution in [0.15, 0.2) is 42.5 Å². The van der Waals surface area contributed by atoms with Gasteiger partial charge in [-0.3, -0.25) is 9.59 Å². The number of ether oxygens (including phenoxy) is 2. The quantitative estimate of drug-likeness (QED) is 0.788. The monoisotopic (exact) mass is 414 g/mol. The Balaban J connectivity index is 1.80. The molecule has 0 unspecified atom stereocenters. The van der Waals surface area contributed by atoms with E-state index in [1.54, 1.807) is 56.4 Å². The van der Waals surface area contributed by atoms with E-state index in [1.807, 2.05) is 0 Å². The lowest BCUT2D eigenvalue weighted by molar-refractivity contribution is -0.133. The number of carbonyl (C=O) groups is 2. The summed E-state index contributed by atoms with van der Waals surface area (Å²) in [6.45, 7) is 0. The van der Waals surface area contributed by atoms with Gasteiger partial charge in [0, 0.05) is 32.1 Å². The van der Waals surface area contributed by atoms with Crippen LogP contribution in [-0.2, 0) is 4.79 Å². The molecule has 160 valence electrons. The van der Waals surface area contributed by atoms with Crippen LogP contribution in [0.2, 0.25) is 0 Å². The fourth-order valence-corrected chi connectivity index (χ4v) is 4.09. The largest absolute Gasteiger partial charge is 0.497 e. The Labute approximate surface area is 176 Å². The highest BCUT2D eigenvalue weighted by molar-refractivity contribution is 5.97. The lowest BCUT2D eigenvalue weighted by atomic mass is 9.88. The number of carbonyl (C=O) groups excluding carboxylic acids is 2. The van der Waals surface area contributed by atoms with Crippen LogP contribution in [0, 0.1) is 11.7 Å². The van der Waals surface area contributed by atoms with Gasteiger partial charge in [0.25, 0.3) is 5.91 Å². The first kappa shape index (κ1) is 21.6. The molecule has 1 saturated carbocycles. The third-order valence-corrected chi connectivity index (χ3v) is 5.61. The second kappa shape index (κ2) is 9.15. The van der Waals surface area contributed by atoms with Gasteiger partial charge in [0.1, 0.15) is 17.3 Å². The van der Waals surface area contributed by atoms with E-state index in [0.717, 1.165) is 5.56 Å². The van der Waals surface area contributed by atoms with Gasteiger partial charge in [-0.2, -0.15) is 0 Å². The van der Waals surface area contributed by atoms with Gasteiger partial charge in [0.2, 0.25) is 5.91 Å². The van der Waals surface area contributed by atoms with Crippen LogP contribution >= 0.6 is 0 Å². The van der Waals surface area contributed by atoms with Gasteiger partial charge >= 0.3 is 0 Å². The number of nitrogens with one attached hydrogen (secondary N) is 1. The summed E-state index contributed by atoms with van der Waals surface area (Å²) in [5.74, 6) is 0.0531. The fourth-order valence-electron chi connectivity index (χ4n) is 4.09. The normalized spacial score (nSPS) is 20.5. The van der Waals surface area contributed by atoms with E-state index in [1.165, 1.54) is 19.2 Å². The Morgan fingerprint density at radius 3 is 2.33 bits per heavy atom. The van der Waals surface area contributed by atoms with E-state index in [2.05, 4.69) is 5.32 Å². The van der Waals surface area contributed by atoms with Crippen molar-refractivity contribution in [3.8, 4) is 11.5 Å². The molecule has 30 heavy (non-hydrogen) atoms. The van der Waals surface area contributed by atoms with Gasteiger partial charge in [-0.25, -0.2) is 4.39 Å². The van der Waals surface area contributed by atoms with E-state index in [-0.39, 0.29) is 35.5 Å². The van der Waals surface area contributed by atoms with E-state index in [0.29, 0.717) is 29.9 Å². The summed E-state index contributed by atoms with van der Waals surface area (Å²) in [6.07, 6.45) is 1.11. The first-order chi connectivity index (χ1) is 14.3. The van der Waals surface area contributed by atoms with Crippen molar-refractivity contribution in [3.63, 3.8) is 0 Å². The van der Waals surface area contributed by atoms with Crippen LogP contribution in [0.5, 0.6) is 11.5 Å². The average molecular weight is 414 g/mol. The Morgan fingerprint density at radius 2 is 1.73 bits per heavy atom. The molecule has 1 aliphatic rings. The first-order valence-electron chi connectivity index (χ1n) is 9.83. The van der Waals surface area contributed by atoms with E-state index in [9.17, 15) is 14.0 Å². The second-order valence-electron chi connectivity index (χ2n) is 7.71. The minimum absolute atomic E-state index is 0.00287. The van der Waals surface area contributed by atoms with Crippen molar-refractivity contribution >= 4 is 11.8 Å². The second-order valence-corrected chi connectivity index (χ2v) is 7.71. The average Bonchev–Trinajstić information content (AvgIpc) is 3.16. The molecule has 0 radical (unpaired) electrons. The molecular weight excluding hydrogens is 387 g/mol. The number of amides is 2. The molecule has 1 aliphatic carbocycles. The van der Waals surface area contributed by atoms with Crippen LogP contribution in [0.1, 0.15) is 34.7 Å². The Hall–Kier alpha value is -3.09. The molecule has 0 heterocycles. The highest BCUT2D eigenvalue weighted by Gasteiger charge is 2.41. The third kappa shape index (κ3) is 4.56. The summed E-state index contributed by atoms with van der Waals surface area (Å²) in [5, 5.41) is 3.04. The van der Waals surface area contributed by atoms with E-state index >= 15 is 0 Å². The van der Waals surface area contributed by atoms with Crippen LogP contribution < -0.4 is 14.8 Å². The van der Waals surface area contributed by atoms with E-state index < -0.39 is 0 Å². The smallest absolute Gasteiger partial charge is 0.255 e. The lowest BCUT2D eigenvalue weighted by Gasteiger charge is -2.22. The molecule has 1 fully saturated rings. The number of rotatable bonds is 6. The summed E-state index contributed by atoms with van der Waals surface area (Å²) < 4.78 is 23.9. The predicted octanol–water partition coefficient (Wildman–Crippen LogP) is 3.22. The molecule has 2 aromatic carbocycles. The predicted molar refractivity (Wildman–Crippen MR) is 111 cm³/mol.